The van der Waals surface area contributed by atoms with Crippen molar-refractivity contribution in [1.82, 2.24) is 0 Å². The number of methoxy groups -OCH3 is 1. The molecular weight excluding hydrogens is 226 g/mol. The topological polar surface area (TPSA) is 38.3 Å². The van der Waals surface area contributed by atoms with Gasteiger partial charge in [0.15, 0.2) is 0 Å². The highest BCUT2D eigenvalue weighted by molar-refractivity contribution is 6.03. The molecule has 1 unspecified atom stereocenters. The molecule has 1 aliphatic rings. The average molecular weight is 247 g/mol. The van der Waals surface area contributed by atoms with Gasteiger partial charge in [-0.3, -0.25) is 4.79 Å². The van der Waals surface area contributed by atoms with Crippen molar-refractivity contribution in [2.24, 2.45) is 5.41 Å². The Labute approximate surface area is 109 Å². The van der Waals surface area contributed by atoms with Crippen LogP contribution in [0.15, 0.2) is 18.2 Å². The van der Waals surface area contributed by atoms with Gasteiger partial charge >= 0.3 is 0 Å². The van der Waals surface area contributed by atoms with Crippen LogP contribution in [0.1, 0.15) is 45.1 Å². The molecule has 2 rings (SSSR count). The lowest BCUT2D eigenvalue weighted by molar-refractivity contribution is -0.117. The molecule has 0 fully saturated rings. The van der Waals surface area contributed by atoms with Crippen LogP contribution in [-0.4, -0.2) is 13.0 Å². The molecule has 0 aromatic heterocycles. The normalized spacial score (nSPS) is 18.4. The van der Waals surface area contributed by atoms with Gasteiger partial charge in [0, 0.05) is 5.69 Å². The van der Waals surface area contributed by atoms with E-state index < -0.39 is 0 Å². The van der Waals surface area contributed by atoms with Gasteiger partial charge in [0.25, 0.3) is 0 Å². The fourth-order valence-electron chi connectivity index (χ4n) is 2.29. The molecule has 1 amide bonds. The van der Waals surface area contributed by atoms with Crippen LogP contribution in [0.4, 0.5) is 5.69 Å². The monoisotopic (exact) mass is 247 g/mol. The molecule has 1 aromatic rings. The van der Waals surface area contributed by atoms with E-state index in [4.69, 9.17) is 4.74 Å². The molecule has 0 aliphatic carbocycles. The molecule has 3 nitrogen and oxygen atoms in total. The number of ether oxygens (including phenoxy) is 1. The molecule has 0 saturated heterocycles. The van der Waals surface area contributed by atoms with Gasteiger partial charge in [-0.25, -0.2) is 0 Å². The Kier molecular flexibility index (Phi) is 3.33. The van der Waals surface area contributed by atoms with Gasteiger partial charge in [0.1, 0.15) is 5.75 Å². The van der Waals surface area contributed by atoms with Gasteiger partial charge in [-0.1, -0.05) is 20.8 Å². The third kappa shape index (κ3) is 2.66. The highest BCUT2D eigenvalue weighted by atomic mass is 16.5. The van der Waals surface area contributed by atoms with Gasteiger partial charge in [-0.05, 0) is 42.0 Å². The molecule has 1 aromatic carbocycles. The maximum atomic E-state index is 12.0. The molecule has 1 heterocycles. The van der Waals surface area contributed by atoms with Crippen molar-refractivity contribution in [2.75, 3.05) is 12.4 Å². The van der Waals surface area contributed by atoms with Gasteiger partial charge in [0.2, 0.25) is 5.91 Å². The molecule has 98 valence electrons. The second-order valence-electron chi connectivity index (χ2n) is 6.09. The summed E-state index contributed by atoms with van der Waals surface area (Å²) in [5.41, 5.74) is 2.25. The average Bonchev–Trinajstić information content (AvgIpc) is 2.60. The number of benzene rings is 1. The summed E-state index contributed by atoms with van der Waals surface area (Å²) < 4.78 is 5.23. The smallest absolute Gasteiger partial charge is 0.232 e. The maximum Gasteiger partial charge on any atom is 0.232 e. The van der Waals surface area contributed by atoms with Crippen LogP contribution in [0.3, 0.4) is 0 Å². The number of nitrogens with one attached hydrogen (secondary N) is 1. The minimum absolute atomic E-state index is 0.0330. The lowest BCUT2D eigenvalue weighted by Gasteiger charge is -2.20. The summed E-state index contributed by atoms with van der Waals surface area (Å²) >= 11 is 0. The van der Waals surface area contributed by atoms with Crippen molar-refractivity contribution in [3.05, 3.63) is 23.8 Å². The van der Waals surface area contributed by atoms with E-state index in [0.29, 0.717) is 0 Å². The number of rotatable bonds is 3. The van der Waals surface area contributed by atoms with Crippen molar-refractivity contribution in [1.29, 1.82) is 0 Å². The van der Waals surface area contributed by atoms with E-state index in [1.54, 1.807) is 7.11 Å². The SMILES string of the molecule is COc1ccc2c(c1)C(CCC(C)(C)C)C(=O)N2. The minimum Gasteiger partial charge on any atom is -0.497 e. The lowest BCUT2D eigenvalue weighted by Crippen LogP contribution is -2.15. The summed E-state index contributed by atoms with van der Waals surface area (Å²) in [6.07, 6.45) is 1.91. The van der Waals surface area contributed by atoms with Crippen LogP contribution < -0.4 is 10.1 Å². The molecule has 0 saturated carbocycles. The number of fused-ring (bicyclic) bond motifs is 1. The van der Waals surface area contributed by atoms with Crippen LogP contribution in [-0.2, 0) is 4.79 Å². The van der Waals surface area contributed by atoms with Crippen molar-refractivity contribution >= 4 is 11.6 Å². The van der Waals surface area contributed by atoms with Crippen molar-refractivity contribution in [3.63, 3.8) is 0 Å². The number of anilines is 1. The first kappa shape index (κ1) is 12.9. The molecule has 1 aliphatic heterocycles. The third-order valence-electron chi connectivity index (χ3n) is 3.39. The van der Waals surface area contributed by atoms with E-state index in [-0.39, 0.29) is 17.2 Å². The predicted molar refractivity (Wildman–Crippen MR) is 73.1 cm³/mol. The van der Waals surface area contributed by atoms with Crippen LogP contribution in [0, 0.1) is 5.41 Å². The predicted octanol–water partition coefficient (Wildman–Crippen LogP) is 3.56. The molecule has 0 bridgehead atoms. The van der Waals surface area contributed by atoms with E-state index in [2.05, 4.69) is 26.1 Å². The summed E-state index contributed by atoms with van der Waals surface area (Å²) in [6, 6.07) is 5.77. The lowest BCUT2D eigenvalue weighted by atomic mass is 9.85. The highest BCUT2D eigenvalue weighted by Crippen LogP contribution is 2.39. The summed E-state index contributed by atoms with van der Waals surface area (Å²) in [6.45, 7) is 6.60. The number of carbonyl (C=O) groups excluding carboxylic acids is 1. The van der Waals surface area contributed by atoms with Gasteiger partial charge in [-0.2, -0.15) is 0 Å². The van der Waals surface area contributed by atoms with Gasteiger partial charge in [0.05, 0.1) is 13.0 Å². The summed E-state index contributed by atoms with van der Waals surface area (Å²) in [4.78, 5) is 12.0. The molecule has 1 atom stereocenters. The Bertz CT molecular complexity index is 460. The van der Waals surface area contributed by atoms with Crippen molar-refractivity contribution < 1.29 is 9.53 Å². The Morgan fingerprint density at radius 2 is 2.06 bits per heavy atom. The zero-order chi connectivity index (χ0) is 13.3. The molecule has 0 radical (unpaired) electrons. The summed E-state index contributed by atoms with van der Waals surface area (Å²) in [5, 5.41) is 2.94. The number of amides is 1. The number of carbonyl (C=O) groups is 1. The quantitative estimate of drug-likeness (QED) is 0.887. The Balaban J connectivity index is 2.21. The van der Waals surface area contributed by atoms with E-state index >= 15 is 0 Å². The summed E-state index contributed by atoms with van der Waals surface area (Å²) in [7, 11) is 1.65. The van der Waals surface area contributed by atoms with Crippen LogP contribution in [0.25, 0.3) is 0 Å². The summed E-state index contributed by atoms with van der Waals surface area (Å²) in [5.74, 6) is 0.892. The Morgan fingerprint density at radius 1 is 1.33 bits per heavy atom. The van der Waals surface area contributed by atoms with E-state index in [0.717, 1.165) is 29.8 Å². The van der Waals surface area contributed by atoms with Crippen LogP contribution >= 0.6 is 0 Å². The zero-order valence-electron chi connectivity index (χ0n) is 11.5. The fraction of sp³-hybridized carbons (Fsp3) is 0.533. The van der Waals surface area contributed by atoms with Crippen molar-refractivity contribution in [2.45, 2.75) is 39.5 Å². The maximum absolute atomic E-state index is 12.0. The zero-order valence-corrected chi connectivity index (χ0v) is 11.5. The molecule has 0 spiro atoms. The number of hydrogen-bond acceptors (Lipinski definition) is 2. The second-order valence-corrected chi connectivity index (χ2v) is 6.09. The largest absolute Gasteiger partial charge is 0.497 e. The number of hydrogen-bond donors (Lipinski definition) is 1. The minimum atomic E-state index is -0.0330. The van der Waals surface area contributed by atoms with Crippen molar-refractivity contribution in [3.8, 4) is 5.75 Å². The molecule has 3 heteroatoms. The van der Waals surface area contributed by atoms with Crippen LogP contribution in [0.5, 0.6) is 5.75 Å². The fourth-order valence-corrected chi connectivity index (χ4v) is 2.29. The Morgan fingerprint density at radius 3 is 2.67 bits per heavy atom. The molecule has 1 N–H and O–H groups in total. The van der Waals surface area contributed by atoms with E-state index in [1.165, 1.54) is 0 Å². The molecule has 18 heavy (non-hydrogen) atoms. The first-order valence-corrected chi connectivity index (χ1v) is 6.39. The van der Waals surface area contributed by atoms with E-state index in [1.807, 2.05) is 18.2 Å². The first-order chi connectivity index (χ1) is 8.40. The second kappa shape index (κ2) is 4.63. The Hall–Kier alpha value is -1.51. The van der Waals surface area contributed by atoms with E-state index in [9.17, 15) is 4.79 Å². The van der Waals surface area contributed by atoms with Gasteiger partial charge in [-0.15, -0.1) is 0 Å². The first-order valence-electron chi connectivity index (χ1n) is 6.39. The highest BCUT2D eigenvalue weighted by Gasteiger charge is 2.31. The standard InChI is InChI=1S/C15H21NO2/c1-15(2,3)8-7-11-12-9-10(18-4)5-6-13(12)16-14(11)17/h5-6,9,11H,7-8H2,1-4H3,(H,16,17). The third-order valence-corrected chi connectivity index (χ3v) is 3.39. The molecular formula is C15H21NO2. The van der Waals surface area contributed by atoms with Gasteiger partial charge < -0.3 is 10.1 Å². The van der Waals surface area contributed by atoms with Crippen LogP contribution in [0.2, 0.25) is 0 Å².